The van der Waals surface area contributed by atoms with E-state index in [9.17, 15) is 9.18 Å². The molecule has 0 aliphatic rings. The Morgan fingerprint density at radius 2 is 1.75 bits per heavy atom. The monoisotopic (exact) mass is 389 g/mol. The van der Waals surface area contributed by atoms with Gasteiger partial charge in [-0.25, -0.2) is 9.18 Å². The van der Waals surface area contributed by atoms with Crippen molar-refractivity contribution in [2.24, 2.45) is 0 Å². The fourth-order valence-corrected chi connectivity index (χ4v) is 3.84. The lowest BCUT2D eigenvalue weighted by Gasteiger charge is -2.04. The van der Waals surface area contributed by atoms with Crippen LogP contribution in [0.2, 0.25) is 0 Å². The van der Waals surface area contributed by atoms with E-state index in [0.717, 1.165) is 27.5 Å². The molecule has 0 spiro atoms. The quantitative estimate of drug-likeness (QED) is 0.333. The molecule has 28 heavy (non-hydrogen) atoms. The third-order valence-corrected chi connectivity index (χ3v) is 5.28. The van der Waals surface area contributed by atoms with Crippen molar-refractivity contribution in [2.45, 2.75) is 0 Å². The predicted octanol–water partition coefficient (Wildman–Crippen LogP) is 5.35. The van der Waals surface area contributed by atoms with Crippen LogP contribution in [0, 0.1) is 5.82 Å². The van der Waals surface area contributed by atoms with E-state index >= 15 is 0 Å². The highest BCUT2D eigenvalue weighted by Crippen LogP contribution is 2.31. The van der Waals surface area contributed by atoms with Crippen molar-refractivity contribution in [3.63, 3.8) is 0 Å². The lowest BCUT2D eigenvalue weighted by atomic mass is 10.0. The molecule has 0 aliphatic heterocycles. The lowest BCUT2D eigenvalue weighted by Crippen LogP contribution is -2.02. The third kappa shape index (κ3) is 2.82. The van der Waals surface area contributed by atoms with Gasteiger partial charge in [0.15, 0.2) is 5.01 Å². The SMILES string of the molecule is O=c1oc2ccc3ccccc3c2cc1-c1nnc(Nc2ccccc2F)s1. The van der Waals surface area contributed by atoms with Gasteiger partial charge in [-0.3, -0.25) is 0 Å². The first-order chi connectivity index (χ1) is 13.7. The molecule has 0 unspecified atom stereocenters. The average molecular weight is 389 g/mol. The Morgan fingerprint density at radius 3 is 2.64 bits per heavy atom. The third-order valence-electron chi connectivity index (χ3n) is 4.41. The van der Waals surface area contributed by atoms with Crippen LogP contribution < -0.4 is 10.9 Å². The van der Waals surface area contributed by atoms with Crippen LogP contribution in [-0.2, 0) is 0 Å². The zero-order chi connectivity index (χ0) is 19.1. The highest BCUT2D eigenvalue weighted by Gasteiger charge is 2.15. The lowest BCUT2D eigenvalue weighted by molar-refractivity contribution is 0.563. The summed E-state index contributed by atoms with van der Waals surface area (Å²) in [6.45, 7) is 0. The molecule has 2 heterocycles. The van der Waals surface area contributed by atoms with E-state index in [1.54, 1.807) is 30.3 Å². The number of aromatic nitrogens is 2. The molecular formula is C21H12FN3O2S. The summed E-state index contributed by atoms with van der Waals surface area (Å²) >= 11 is 1.16. The number of halogens is 1. The standard InChI is InChI=1S/C21H12FN3O2S/c22-16-7-3-4-8-17(16)23-21-25-24-19(28-21)15-11-14-13-6-2-1-5-12(13)9-10-18(14)27-20(15)26/h1-11H,(H,23,25). The minimum absolute atomic E-state index is 0.293. The zero-order valence-electron chi connectivity index (χ0n) is 14.3. The van der Waals surface area contributed by atoms with E-state index in [4.69, 9.17) is 4.42 Å². The van der Waals surface area contributed by atoms with E-state index in [-0.39, 0.29) is 0 Å². The van der Waals surface area contributed by atoms with Crippen LogP contribution in [0.1, 0.15) is 0 Å². The average Bonchev–Trinajstić information content (AvgIpc) is 3.17. The molecule has 0 amide bonds. The van der Waals surface area contributed by atoms with E-state index < -0.39 is 11.4 Å². The molecule has 0 atom stereocenters. The minimum Gasteiger partial charge on any atom is -0.422 e. The molecule has 0 aliphatic carbocycles. The Morgan fingerprint density at radius 1 is 0.929 bits per heavy atom. The van der Waals surface area contributed by atoms with Gasteiger partial charge in [0.05, 0.1) is 11.3 Å². The Labute approximate surface area is 162 Å². The maximum absolute atomic E-state index is 13.8. The second kappa shape index (κ2) is 6.54. The molecule has 0 saturated carbocycles. The summed E-state index contributed by atoms with van der Waals surface area (Å²) in [5.74, 6) is -0.393. The fraction of sp³-hybridized carbons (Fsp3) is 0. The van der Waals surface area contributed by atoms with Crippen LogP contribution >= 0.6 is 11.3 Å². The van der Waals surface area contributed by atoms with Crippen LogP contribution in [0.4, 0.5) is 15.2 Å². The van der Waals surface area contributed by atoms with Gasteiger partial charge in [0.2, 0.25) is 5.13 Å². The number of rotatable bonds is 3. The Bertz CT molecular complexity index is 1390. The summed E-state index contributed by atoms with van der Waals surface area (Å²) < 4.78 is 19.3. The number of fused-ring (bicyclic) bond motifs is 3. The highest BCUT2D eigenvalue weighted by molar-refractivity contribution is 7.18. The molecule has 3 aromatic carbocycles. The number of para-hydroxylation sites is 1. The number of benzene rings is 3. The summed E-state index contributed by atoms with van der Waals surface area (Å²) in [5, 5.41) is 14.6. The zero-order valence-corrected chi connectivity index (χ0v) is 15.2. The van der Waals surface area contributed by atoms with Crippen molar-refractivity contribution in [1.82, 2.24) is 10.2 Å². The number of anilines is 2. The van der Waals surface area contributed by atoms with Gasteiger partial charge in [-0.05, 0) is 35.0 Å². The van der Waals surface area contributed by atoms with E-state index in [1.165, 1.54) is 6.07 Å². The number of hydrogen-bond donors (Lipinski definition) is 1. The molecule has 0 bridgehead atoms. The first-order valence-corrected chi connectivity index (χ1v) is 9.32. The van der Waals surface area contributed by atoms with Crippen LogP contribution in [0.5, 0.6) is 0 Å². The van der Waals surface area contributed by atoms with Crippen LogP contribution in [0.15, 0.2) is 75.9 Å². The molecule has 1 N–H and O–H groups in total. The molecule has 0 radical (unpaired) electrons. The van der Waals surface area contributed by atoms with Crippen LogP contribution in [-0.4, -0.2) is 10.2 Å². The number of hydrogen-bond acceptors (Lipinski definition) is 6. The maximum atomic E-state index is 13.8. The van der Waals surface area contributed by atoms with E-state index in [2.05, 4.69) is 15.5 Å². The first-order valence-electron chi connectivity index (χ1n) is 8.50. The van der Waals surface area contributed by atoms with Crippen LogP contribution in [0.25, 0.3) is 32.3 Å². The van der Waals surface area contributed by atoms with Gasteiger partial charge in [0.1, 0.15) is 11.4 Å². The van der Waals surface area contributed by atoms with E-state index in [0.29, 0.717) is 27.0 Å². The summed E-state index contributed by atoms with van der Waals surface area (Å²) in [5.41, 5.74) is 0.641. The minimum atomic E-state index is -0.489. The van der Waals surface area contributed by atoms with Gasteiger partial charge in [0, 0.05) is 5.39 Å². The van der Waals surface area contributed by atoms with Gasteiger partial charge in [0.25, 0.3) is 0 Å². The number of nitrogens with zero attached hydrogens (tertiary/aromatic N) is 2. The summed E-state index contributed by atoms with van der Waals surface area (Å²) in [6, 6.07) is 19.6. The molecule has 5 aromatic rings. The predicted molar refractivity (Wildman–Crippen MR) is 109 cm³/mol. The maximum Gasteiger partial charge on any atom is 0.346 e. The Hall–Kier alpha value is -3.58. The summed E-state index contributed by atoms with van der Waals surface area (Å²) in [4.78, 5) is 12.5. The van der Waals surface area contributed by atoms with Crippen molar-refractivity contribution in [3.05, 3.63) is 83.0 Å². The molecule has 0 fully saturated rings. The largest absolute Gasteiger partial charge is 0.422 e. The van der Waals surface area contributed by atoms with Crippen LogP contribution in [0.3, 0.4) is 0 Å². The molecule has 136 valence electrons. The molecule has 5 rings (SSSR count). The summed E-state index contributed by atoms with van der Waals surface area (Å²) in [7, 11) is 0. The smallest absolute Gasteiger partial charge is 0.346 e. The number of nitrogens with one attached hydrogen (secondary N) is 1. The van der Waals surface area contributed by atoms with Gasteiger partial charge in [-0.1, -0.05) is 53.8 Å². The first kappa shape index (κ1) is 16.6. The second-order valence-corrected chi connectivity index (χ2v) is 7.14. The van der Waals surface area contributed by atoms with Gasteiger partial charge in [-0.15, -0.1) is 10.2 Å². The molecule has 7 heteroatoms. The van der Waals surface area contributed by atoms with Crippen molar-refractivity contribution in [2.75, 3.05) is 5.32 Å². The normalized spacial score (nSPS) is 11.2. The summed E-state index contributed by atoms with van der Waals surface area (Å²) in [6.07, 6.45) is 0. The van der Waals surface area contributed by atoms with Crippen molar-refractivity contribution in [3.8, 4) is 10.6 Å². The molecular weight excluding hydrogens is 377 g/mol. The molecule has 0 saturated heterocycles. The second-order valence-electron chi connectivity index (χ2n) is 6.16. The topological polar surface area (TPSA) is 68.0 Å². The van der Waals surface area contributed by atoms with Crippen molar-refractivity contribution < 1.29 is 8.81 Å². The van der Waals surface area contributed by atoms with Crippen molar-refractivity contribution in [1.29, 1.82) is 0 Å². The fourth-order valence-electron chi connectivity index (χ4n) is 3.08. The van der Waals surface area contributed by atoms with Gasteiger partial charge < -0.3 is 9.73 Å². The van der Waals surface area contributed by atoms with Gasteiger partial charge in [-0.2, -0.15) is 0 Å². The Kier molecular flexibility index (Phi) is 3.87. The van der Waals surface area contributed by atoms with E-state index in [1.807, 2.05) is 30.3 Å². The Balaban J connectivity index is 1.60. The molecule has 2 aromatic heterocycles. The van der Waals surface area contributed by atoms with Crippen molar-refractivity contribution >= 4 is 43.9 Å². The van der Waals surface area contributed by atoms with Gasteiger partial charge >= 0.3 is 5.63 Å². The molecule has 5 nitrogen and oxygen atoms in total. The highest BCUT2D eigenvalue weighted by atomic mass is 32.1.